The number of halogens is 4. The Bertz CT molecular complexity index is 581. The summed E-state index contributed by atoms with van der Waals surface area (Å²) < 4.78 is 39.1. The molecule has 0 fully saturated rings. The normalized spacial score (nSPS) is 11.6. The van der Waals surface area contributed by atoms with Gasteiger partial charge in [0.1, 0.15) is 5.01 Å². The van der Waals surface area contributed by atoms with Crippen LogP contribution >= 0.6 is 27.3 Å². The molecule has 2 nitrogen and oxygen atoms in total. The summed E-state index contributed by atoms with van der Waals surface area (Å²) >= 11 is 4.59. The molecule has 0 amide bonds. The van der Waals surface area contributed by atoms with Gasteiger partial charge in [-0.3, -0.25) is 0 Å². The van der Waals surface area contributed by atoms with E-state index in [9.17, 15) is 13.2 Å². The lowest BCUT2D eigenvalue weighted by Crippen LogP contribution is -2.10. The van der Waals surface area contributed by atoms with E-state index in [-0.39, 0.29) is 12.2 Å². The number of aromatic nitrogens is 1. The summed E-state index contributed by atoms with van der Waals surface area (Å²) in [6.45, 7) is 2.12. The fourth-order valence-electron chi connectivity index (χ4n) is 1.56. The SMILES string of the molecule is Cc1csc(CNc2cc(Br)ccc2C(F)(F)F)n1. The van der Waals surface area contributed by atoms with Gasteiger partial charge in [0.2, 0.25) is 0 Å². The van der Waals surface area contributed by atoms with E-state index < -0.39 is 11.7 Å². The Balaban J connectivity index is 2.21. The molecule has 1 aromatic heterocycles. The largest absolute Gasteiger partial charge is 0.418 e. The van der Waals surface area contributed by atoms with Crippen molar-refractivity contribution in [2.45, 2.75) is 19.6 Å². The van der Waals surface area contributed by atoms with Gasteiger partial charge in [-0.15, -0.1) is 11.3 Å². The van der Waals surface area contributed by atoms with Gasteiger partial charge in [-0.1, -0.05) is 15.9 Å². The second kappa shape index (κ2) is 5.50. The van der Waals surface area contributed by atoms with Crippen molar-refractivity contribution in [3.8, 4) is 0 Å². The van der Waals surface area contributed by atoms with Crippen molar-refractivity contribution < 1.29 is 13.2 Å². The summed E-state index contributed by atoms with van der Waals surface area (Å²) in [4.78, 5) is 4.20. The van der Waals surface area contributed by atoms with Gasteiger partial charge in [0.05, 0.1) is 12.1 Å². The molecule has 0 saturated heterocycles. The molecule has 2 aromatic rings. The van der Waals surface area contributed by atoms with Gasteiger partial charge >= 0.3 is 6.18 Å². The van der Waals surface area contributed by atoms with Crippen molar-refractivity contribution in [2.75, 3.05) is 5.32 Å². The summed E-state index contributed by atoms with van der Waals surface area (Å²) in [7, 11) is 0. The average molecular weight is 351 g/mol. The number of aryl methyl sites for hydroxylation is 1. The molecule has 102 valence electrons. The van der Waals surface area contributed by atoms with Gasteiger partial charge in [0.15, 0.2) is 0 Å². The quantitative estimate of drug-likeness (QED) is 0.856. The standard InChI is InChI=1S/C12H10BrF3N2S/c1-7-6-19-11(18-7)5-17-10-4-8(13)2-3-9(10)12(14,15)16/h2-4,6,17H,5H2,1H3. The van der Waals surface area contributed by atoms with Crippen molar-refractivity contribution >= 4 is 33.0 Å². The Labute approximate surface area is 120 Å². The van der Waals surface area contributed by atoms with Crippen molar-refractivity contribution in [1.82, 2.24) is 4.98 Å². The second-order valence-electron chi connectivity index (χ2n) is 3.92. The second-order valence-corrected chi connectivity index (χ2v) is 5.78. The molecule has 7 heteroatoms. The smallest absolute Gasteiger partial charge is 0.378 e. The molecular formula is C12H10BrF3N2S. The predicted octanol–water partition coefficient (Wildman–Crippen LogP) is 4.84. The minimum absolute atomic E-state index is 0.0507. The van der Waals surface area contributed by atoms with Crippen LogP contribution in [0.3, 0.4) is 0 Å². The number of thiazole rings is 1. The molecule has 1 aromatic carbocycles. The van der Waals surface area contributed by atoms with E-state index in [2.05, 4.69) is 26.2 Å². The third-order valence-corrected chi connectivity index (χ3v) is 3.84. The number of hydrogen-bond acceptors (Lipinski definition) is 3. The molecule has 0 aliphatic carbocycles. The van der Waals surface area contributed by atoms with Crippen molar-refractivity contribution in [3.63, 3.8) is 0 Å². The van der Waals surface area contributed by atoms with Crippen LogP contribution < -0.4 is 5.32 Å². The third-order valence-electron chi connectivity index (χ3n) is 2.38. The predicted molar refractivity (Wildman–Crippen MR) is 73.3 cm³/mol. The number of nitrogens with zero attached hydrogens (tertiary/aromatic N) is 1. The van der Waals surface area contributed by atoms with E-state index in [1.165, 1.54) is 23.5 Å². The van der Waals surface area contributed by atoms with Crippen LogP contribution in [-0.2, 0) is 12.7 Å². The summed E-state index contributed by atoms with van der Waals surface area (Å²) in [5, 5.41) is 5.41. The average Bonchev–Trinajstić information content (AvgIpc) is 2.71. The van der Waals surface area contributed by atoms with Crippen molar-refractivity contribution in [3.05, 3.63) is 44.3 Å². The summed E-state index contributed by atoms with van der Waals surface area (Å²) in [5.74, 6) is 0. The van der Waals surface area contributed by atoms with E-state index in [0.29, 0.717) is 4.47 Å². The van der Waals surface area contributed by atoms with Gasteiger partial charge in [-0.05, 0) is 25.1 Å². The summed E-state index contributed by atoms with van der Waals surface area (Å²) in [6, 6.07) is 3.85. The van der Waals surface area contributed by atoms with Gasteiger partial charge in [0, 0.05) is 21.2 Å². The first-order chi connectivity index (χ1) is 8.86. The summed E-state index contributed by atoms with van der Waals surface area (Å²) in [5.41, 5.74) is 0.241. The van der Waals surface area contributed by atoms with Gasteiger partial charge in [0.25, 0.3) is 0 Å². The summed E-state index contributed by atoms with van der Waals surface area (Å²) in [6.07, 6.45) is -4.37. The van der Waals surface area contributed by atoms with Crippen LogP contribution in [0.25, 0.3) is 0 Å². The fraction of sp³-hybridized carbons (Fsp3) is 0.250. The highest BCUT2D eigenvalue weighted by molar-refractivity contribution is 9.10. The molecule has 1 heterocycles. The molecule has 19 heavy (non-hydrogen) atoms. The first-order valence-electron chi connectivity index (χ1n) is 5.38. The zero-order valence-corrected chi connectivity index (χ0v) is 12.3. The van der Waals surface area contributed by atoms with Gasteiger partial charge in [-0.2, -0.15) is 13.2 Å². The molecule has 0 bridgehead atoms. The maximum Gasteiger partial charge on any atom is 0.418 e. The Morgan fingerprint density at radius 2 is 2.11 bits per heavy atom. The topological polar surface area (TPSA) is 24.9 Å². The Kier molecular flexibility index (Phi) is 4.15. The highest BCUT2D eigenvalue weighted by Crippen LogP contribution is 2.36. The van der Waals surface area contributed by atoms with E-state index in [1.54, 1.807) is 0 Å². The first-order valence-corrected chi connectivity index (χ1v) is 7.05. The molecule has 0 unspecified atom stereocenters. The van der Waals surface area contributed by atoms with Crippen LogP contribution in [0.5, 0.6) is 0 Å². The van der Waals surface area contributed by atoms with Crippen LogP contribution in [0.1, 0.15) is 16.3 Å². The minimum atomic E-state index is -4.37. The molecule has 1 N–H and O–H groups in total. The Morgan fingerprint density at radius 1 is 1.37 bits per heavy atom. The number of hydrogen-bond donors (Lipinski definition) is 1. The molecule has 0 aliphatic heterocycles. The van der Waals surface area contributed by atoms with E-state index in [4.69, 9.17) is 0 Å². The van der Waals surface area contributed by atoms with Crippen LogP contribution in [0.4, 0.5) is 18.9 Å². The van der Waals surface area contributed by atoms with Gasteiger partial charge < -0.3 is 5.32 Å². The Morgan fingerprint density at radius 3 is 2.68 bits per heavy atom. The monoisotopic (exact) mass is 350 g/mol. The molecule has 0 radical (unpaired) electrons. The van der Waals surface area contributed by atoms with Crippen LogP contribution in [0, 0.1) is 6.92 Å². The lowest BCUT2D eigenvalue weighted by Gasteiger charge is -2.14. The number of anilines is 1. The maximum atomic E-state index is 12.8. The zero-order chi connectivity index (χ0) is 14.0. The Hall–Kier alpha value is -1.08. The number of nitrogens with one attached hydrogen (secondary N) is 1. The van der Waals surface area contributed by atoms with Crippen molar-refractivity contribution in [1.29, 1.82) is 0 Å². The highest BCUT2D eigenvalue weighted by Gasteiger charge is 2.33. The van der Waals surface area contributed by atoms with Crippen LogP contribution in [0.2, 0.25) is 0 Å². The van der Waals surface area contributed by atoms with E-state index in [0.717, 1.165) is 16.8 Å². The molecule has 0 saturated carbocycles. The molecule has 2 rings (SSSR count). The van der Waals surface area contributed by atoms with Crippen molar-refractivity contribution in [2.24, 2.45) is 0 Å². The minimum Gasteiger partial charge on any atom is -0.378 e. The molecular weight excluding hydrogens is 341 g/mol. The molecule has 0 spiro atoms. The van der Waals surface area contributed by atoms with E-state index in [1.807, 2.05) is 12.3 Å². The maximum absolute atomic E-state index is 12.8. The van der Waals surface area contributed by atoms with E-state index >= 15 is 0 Å². The fourth-order valence-corrected chi connectivity index (χ4v) is 2.64. The van der Waals surface area contributed by atoms with Crippen LogP contribution in [-0.4, -0.2) is 4.98 Å². The highest BCUT2D eigenvalue weighted by atomic mass is 79.9. The lowest BCUT2D eigenvalue weighted by atomic mass is 10.1. The number of benzene rings is 1. The molecule has 0 atom stereocenters. The number of rotatable bonds is 3. The third kappa shape index (κ3) is 3.70. The lowest BCUT2D eigenvalue weighted by molar-refractivity contribution is -0.137. The number of alkyl halides is 3. The zero-order valence-electron chi connectivity index (χ0n) is 9.88. The molecule has 0 aliphatic rings. The first kappa shape index (κ1) is 14.3. The van der Waals surface area contributed by atoms with Crippen LogP contribution in [0.15, 0.2) is 28.1 Å². The van der Waals surface area contributed by atoms with Gasteiger partial charge in [-0.25, -0.2) is 4.98 Å².